The molecule has 0 spiro atoms. The van der Waals surface area contributed by atoms with Crippen LogP contribution in [0, 0.1) is 11.3 Å². The summed E-state index contributed by atoms with van der Waals surface area (Å²) < 4.78 is 11.4. The number of nitrogens with zero attached hydrogens (tertiary/aromatic N) is 1. The van der Waals surface area contributed by atoms with E-state index >= 15 is 0 Å². The van der Waals surface area contributed by atoms with Crippen molar-refractivity contribution in [2.24, 2.45) is 5.73 Å². The number of Topliss-reactive ketones (excluding diaryl/α,β-unsaturated/α-hetero) is 1. The predicted molar refractivity (Wildman–Crippen MR) is 119 cm³/mol. The molecule has 4 rings (SSSR count). The van der Waals surface area contributed by atoms with Crippen LogP contribution in [0.15, 0.2) is 59.2 Å². The van der Waals surface area contributed by atoms with Crippen molar-refractivity contribution in [2.75, 3.05) is 0 Å². The number of nitrogens with two attached hydrogens (primary N) is 1. The Hall–Kier alpha value is -2.65. The largest absolute Gasteiger partial charge is 0.487 e. The molecule has 8 heteroatoms. The van der Waals surface area contributed by atoms with E-state index in [1.807, 2.05) is 0 Å². The Kier molecular flexibility index (Phi) is 6.15. The van der Waals surface area contributed by atoms with Crippen molar-refractivity contribution in [3.05, 3.63) is 85.4 Å². The monoisotopic (exact) mass is 474 g/mol. The van der Waals surface area contributed by atoms with Crippen LogP contribution in [0.3, 0.4) is 0 Å². The van der Waals surface area contributed by atoms with Gasteiger partial charge in [-0.05, 0) is 36.2 Å². The smallest absolute Gasteiger partial charge is 0.205 e. The summed E-state index contributed by atoms with van der Waals surface area (Å²) in [4.78, 5) is 12.7. The van der Waals surface area contributed by atoms with Crippen LogP contribution < -0.4 is 10.5 Å². The van der Waals surface area contributed by atoms with E-state index in [1.54, 1.807) is 36.4 Å². The van der Waals surface area contributed by atoms with Crippen molar-refractivity contribution >= 4 is 40.6 Å². The van der Waals surface area contributed by atoms with E-state index in [0.717, 1.165) is 5.56 Å². The lowest BCUT2D eigenvalue weighted by Gasteiger charge is -2.31. The summed E-state index contributed by atoms with van der Waals surface area (Å²) in [6.45, 7) is 0.205. The Labute approximate surface area is 194 Å². The lowest BCUT2D eigenvalue weighted by molar-refractivity contribution is -0.116. The average molecular weight is 476 g/mol. The van der Waals surface area contributed by atoms with Gasteiger partial charge in [-0.15, -0.1) is 0 Å². The van der Waals surface area contributed by atoms with E-state index < -0.39 is 5.92 Å². The quantitative estimate of drug-likeness (QED) is 0.582. The SMILES string of the molecule is N#CC1=C(N)OC2=C(C(=O)CCC2)[C@@H]1c1ccc(OCc2ccc(Cl)cc2Cl)c(Cl)c1. The summed E-state index contributed by atoms with van der Waals surface area (Å²) in [5.41, 5.74) is 8.10. The van der Waals surface area contributed by atoms with Crippen LogP contribution in [-0.4, -0.2) is 5.78 Å². The van der Waals surface area contributed by atoms with Crippen LogP contribution in [0.2, 0.25) is 15.1 Å². The minimum Gasteiger partial charge on any atom is -0.487 e. The molecule has 0 amide bonds. The van der Waals surface area contributed by atoms with Crippen molar-refractivity contribution in [3.63, 3.8) is 0 Å². The molecular formula is C23H17Cl3N2O3. The van der Waals surface area contributed by atoms with Gasteiger partial charge in [-0.1, -0.05) is 46.9 Å². The van der Waals surface area contributed by atoms with Crippen LogP contribution in [0.1, 0.15) is 36.3 Å². The summed E-state index contributed by atoms with van der Waals surface area (Å²) in [6, 6.07) is 12.4. The van der Waals surface area contributed by atoms with Gasteiger partial charge in [-0.25, -0.2) is 0 Å². The Morgan fingerprint density at radius 3 is 2.65 bits per heavy atom. The number of ether oxygens (including phenoxy) is 2. The zero-order valence-electron chi connectivity index (χ0n) is 16.3. The second-order valence-electron chi connectivity index (χ2n) is 7.25. The predicted octanol–water partition coefficient (Wildman–Crippen LogP) is 6.04. The van der Waals surface area contributed by atoms with Crippen LogP contribution in [-0.2, 0) is 16.1 Å². The van der Waals surface area contributed by atoms with Crippen molar-refractivity contribution in [2.45, 2.75) is 31.8 Å². The molecule has 2 aliphatic rings. The maximum atomic E-state index is 12.7. The van der Waals surface area contributed by atoms with Gasteiger partial charge in [0.15, 0.2) is 5.78 Å². The van der Waals surface area contributed by atoms with Gasteiger partial charge in [0.1, 0.15) is 29.8 Å². The Balaban J connectivity index is 1.64. The lowest BCUT2D eigenvalue weighted by Crippen LogP contribution is -2.27. The maximum Gasteiger partial charge on any atom is 0.205 e. The number of carbonyl (C=O) groups is 1. The standard InChI is InChI=1S/C23H17Cl3N2O3/c24-14-6-4-13(16(25)9-14)11-30-19-7-5-12(8-17(19)26)21-15(10-27)23(28)31-20-3-1-2-18(29)22(20)21/h4-9,21H,1-3,11,28H2/t21-/m1/s1. The second-order valence-corrected chi connectivity index (χ2v) is 8.50. The summed E-state index contributed by atoms with van der Waals surface area (Å²) in [5.74, 6) is 0.351. The number of hydrogen-bond donors (Lipinski definition) is 1. The van der Waals surface area contributed by atoms with E-state index in [2.05, 4.69) is 6.07 Å². The van der Waals surface area contributed by atoms with E-state index in [-0.39, 0.29) is 23.8 Å². The molecule has 0 radical (unpaired) electrons. The molecule has 0 unspecified atom stereocenters. The molecule has 1 atom stereocenters. The molecule has 0 aromatic heterocycles. The first-order valence-corrected chi connectivity index (χ1v) is 10.7. The molecular weight excluding hydrogens is 459 g/mol. The van der Waals surface area contributed by atoms with Crippen LogP contribution in [0.25, 0.3) is 0 Å². The molecule has 2 aromatic rings. The normalized spacial score (nSPS) is 18.4. The van der Waals surface area contributed by atoms with Crippen molar-refractivity contribution in [1.82, 2.24) is 0 Å². The van der Waals surface area contributed by atoms with E-state index in [1.165, 1.54) is 0 Å². The molecule has 1 aliphatic carbocycles. The molecule has 158 valence electrons. The Morgan fingerprint density at radius 1 is 1.13 bits per heavy atom. The van der Waals surface area contributed by atoms with E-state index in [4.69, 9.17) is 50.0 Å². The average Bonchev–Trinajstić information content (AvgIpc) is 2.73. The lowest BCUT2D eigenvalue weighted by atomic mass is 9.77. The molecule has 2 aromatic carbocycles. The summed E-state index contributed by atoms with van der Waals surface area (Å²) >= 11 is 18.6. The number of rotatable bonds is 4. The van der Waals surface area contributed by atoms with Gasteiger partial charge in [0.25, 0.3) is 0 Å². The summed E-state index contributed by atoms with van der Waals surface area (Å²) in [7, 11) is 0. The number of nitriles is 1. The number of benzene rings is 2. The zero-order valence-corrected chi connectivity index (χ0v) is 18.5. The molecule has 2 N–H and O–H groups in total. The van der Waals surface area contributed by atoms with Gasteiger partial charge >= 0.3 is 0 Å². The number of halogens is 3. The van der Waals surface area contributed by atoms with Crippen LogP contribution in [0.5, 0.6) is 5.75 Å². The fraction of sp³-hybridized carbons (Fsp3) is 0.217. The van der Waals surface area contributed by atoms with Gasteiger partial charge in [-0.3, -0.25) is 4.79 Å². The van der Waals surface area contributed by atoms with Crippen molar-refractivity contribution in [1.29, 1.82) is 5.26 Å². The third kappa shape index (κ3) is 4.24. The minimum atomic E-state index is -0.612. The highest BCUT2D eigenvalue weighted by Gasteiger charge is 2.38. The molecule has 1 aliphatic heterocycles. The van der Waals surface area contributed by atoms with Gasteiger partial charge in [-0.2, -0.15) is 5.26 Å². The Morgan fingerprint density at radius 2 is 1.94 bits per heavy atom. The van der Waals surface area contributed by atoms with Crippen molar-refractivity contribution < 1.29 is 14.3 Å². The zero-order chi connectivity index (χ0) is 22.1. The van der Waals surface area contributed by atoms with Gasteiger partial charge in [0, 0.05) is 34.0 Å². The molecule has 0 bridgehead atoms. The number of hydrogen-bond acceptors (Lipinski definition) is 5. The summed E-state index contributed by atoms with van der Waals surface area (Å²) in [6.07, 6.45) is 1.71. The third-order valence-electron chi connectivity index (χ3n) is 5.29. The highest BCUT2D eigenvalue weighted by atomic mass is 35.5. The third-order valence-corrected chi connectivity index (χ3v) is 6.17. The molecule has 0 saturated carbocycles. The van der Waals surface area contributed by atoms with E-state index in [0.29, 0.717) is 57.0 Å². The topological polar surface area (TPSA) is 85.3 Å². The summed E-state index contributed by atoms with van der Waals surface area (Å²) in [5, 5.41) is 11.0. The number of allylic oxidation sites excluding steroid dienone is 3. The van der Waals surface area contributed by atoms with E-state index in [9.17, 15) is 10.1 Å². The fourth-order valence-electron chi connectivity index (χ4n) is 3.80. The molecule has 0 saturated heterocycles. The number of carbonyl (C=O) groups excluding carboxylic acids is 1. The first kappa shape index (κ1) is 21.6. The fourth-order valence-corrected chi connectivity index (χ4v) is 4.50. The first-order chi connectivity index (χ1) is 14.9. The Bertz CT molecular complexity index is 1180. The maximum absolute atomic E-state index is 12.7. The highest BCUT2D eigenvalue weighted by molar-refractivity contribution is 6.35. The second kappa shape index (κ2) is 8.84. The van der Waals surface area contributed by atoms with Crippen LogP contribution in [0.4, 0.5) is 0 Å². The molecule has 1 heterocycles. The van der Waals surface area contributed by atoms with Crippen LogP contribution >= 0.6 is 34.8 Å². The molecule has 31 heavy (non-hydrogen) atoms. The molecule has 0 fully saturated rings. The minimum absolute atomic E-state index is 0.0229. The van der Waals surface area contributed by atoms with Gasteiger partial charge in [0.2, 0.25) is 5.88 Å². The number of ketones is 1. The van der Waals surface area contributed by atoms with Gasteiger partial charge in [0.05, 0.1) is 10.9 Å². The van der Waals surface area contributed by atoms with Gasteiger partial charge < -0.3 is 15.2 Å². The van der Waals surface area contributed by atoms with Crippen molar-refractivity contribution in [3.8, 4) is 11.8 Å². The first-order valence-electron chi connectivity index (χ1n) is 9.59. The highest BCUT2D eigenvalue weighted by Crippen LogP contribution is 2.44. The molecule has 5 nitrogen and oxygen atoms in total.